The van der Waals surface area contributed by atoms with Gasteiger partial charge in [-0.15, -0.1) is 0 Å². The summed E-state index contributed by atoms with van der Waals surface area (Å²) in [5, 5.41) is 13.6. The highest BCUT2D eigenvalue weighted by Gasteiger charge is 2.25. The van der Waals surface area contributed by atoms with Crippen molar-refractivity contribution in [3.05, 3.63) is 59.3 Å². The molecule has 3 aromatic rings. The summed E-state index contributed by atoms with van der Waals surface area (Å²) in [5.74, 6) is 0.951. The minimum Gasteiger partial charge on any atom is -0.352 e. The van der Waals surface area contributed by atoms with Crippen LogP contribution < -0.4 is 4.90 Å². The molecule has 2 aliphatic rings. The smallest absolute Gasteiger partial charge is 0.131 e. The monoisotopic (exact) mass is 356 g/mol. The maximum absolute atomic E-state index is 9.05. The summed E-state index contributed by atoms with van der Waals surface area (Å²) < 4.78 is 2.07. The van der Waals surface area contributed by atoms with Crippen molar-refractivity contribution in [3.63, 3.8) is 0 Å². The highest BCUT2D eigenvalue weighted by Crippen LogP contribution is 2.35. The Balaban J connectivity index is 1.43. The first kappa shape index (κ1) is 16.0. The molecule has 4 heterocycles. The van der Waals surface area contributed by atoms with Crippen LogP contribution in [0.25, 0.3) is 11.1 Å². The Kier molecular flexibility index (Phi) is 3.68. The summed E-state index contributed by atoms with van der Waals surface area (Å²) in [6.45, 7) is 3.69. The molecule has 0 bridgehead atoms. The van der Waals surface area contributed by atoms with Gasteiger partial charge in [0.1, 0.15) is 11.9 Å². The predicted octanol–water partition coefficient (Wildman–Crippen LogP) is 3.42. The molecule has 1 aliphatic carbocycles. The van der Waals surface area contributed by atoms with Gasteiger partial charge >= 0.3 is 0 Å². The molecule has 5 rings (SSSR count). The van der Waals surface area contributed by atoms with Crippen molar-refractivity contribution < 1.29 is 0 Å². The van der Waals surface area contributed by atoms with E-state index in [-0.39, 0.29) is 0 Å². The molecule has 1 aliphatic heterocycles. The van der Waals surface area contributed by atoms with Gasteiger partial charge in [-0.2, -0.15) is 10.4 Å². The lowest BCUT2D eigenvalue weighted by Gasteiger charge is -2.30. The zero-order chi connectivity index (χ0) is 18.4. The fourth-order valence-electron chi connectivity index (χ4n) is 3.75. The Bertz CT molecular complexity index is 1060. The molecule has 3 aromatic heterocycles. The van der Waals surface area contributed by atoms with Crippen LogP contribution in [0.2, 0.25) is 0 Å². The zero-order valence-electron chi connectivity index (χ0n) is 15.3. The van der Waals surface area contributed by atoms with Crippen LogP contribution in [0, 0.1) is 18.3 Å². The van der Waals surface area contributed by atoms with Gasteiger partial charge in [-0.1, -0.05) is 0 Å². The maximum Gasteiger partial charge on any atom is 0.131 e. The average Bonchev–Trinajstić information content (AvgIpc) is 3.43. The van der Waals surface area contributed by atoms with Crippen molar-refractivity contribution in [2.45, 2.75) is 38.8 Å². The van der Waals surface area contributed by atoms with Gasteiger partial charge in [0.05, 0.1) is 17.8 Å². The Morgan fingerprint density at radius 1 is 1.11 bits per heavy atom. The zero-order valence-corrected chi connectivity index (χ0v) is 15.3. The molecule has 0 spiro atoms. The van der Waals surface area contributed by atoms with Gasteiger partial charge in [0, 0.05) is 54.9 Å². The molecule has 0 atom stereocenters. The number of hydrogen-bond donors (Lipinski definition) is 0. The molecule has 1 fully saturated rings. The third-order valence-corrected chi connectivity index (χ3v) is 5.37. The van der Waals surface area contributed by atoms with Crippen LogP contribution in [0.1, 0.15) is 41.3 Å². The number of aryl methyl sites for hydroxylation is 1. The van der Waals surface area contributed by atoms with Crippen molar-refractivity contribution >= 4 is 5.82 Å². The van der Waals surface area contributed by atoms with E-state index < -0.39 is 0 Å². The molecule has 134 valence electrons. The van der Waals surface area contributed by atoms with Crippen molar-refractivity contribution in [1.29, 1.82) is 5.26 Å². The highest BCUT2D eigenvalue weighted by atomic mass is 15.3. The fraction of sp³-hybridized carbons (Fsp3) is 0.333. The molecule has 0 saturated heterocycles. The topological polar surface area (TPSA) is 70.6 Å². The molecule has 6 nitrogen and oxygen atoms in total. The Morgan fingerprint density at radius 3 is 2.78 bits per heavy atom. The van der Waals surface area contributed by atoms with E-state index in [1.807, 2.05) is 25.4 Å². The van der Waals surface area contributed by atoms with E-state index in [0.29, 0.717) is 11.6 Å². The third-order valence-electron chi connectivity index (χ3n) is 5.37. The molecule has 1 saturated carbocycles. The molecular weight excluding hydrogens is 336 g/mol. The summed E-state index contributed by atoms with van der Waals surface area (Å²) in [4.78, 5) is 11.5. The Morgan fingerprint density at radius 2 is 2.00 bits per heavy atom. The lowest BCUT2D eigenvalue weighted by molar-refractivity contribution is 0.642. The summed E-state index contributed by atoms with van der Waals surface area (Å²) >= 11 is 0. The molecule has 6 heteroatoms. The number of aromatic nitrogens is 4. The predicted molar refractivity (Wildman–Crippen MR) is 102 cm³/mol. The standard InChI is InChI=1S/C21H20N6/c1-14-6-15(8-22)9-24-21(14)26-5-4-20-17(12-26)7-16(10-23-20)18-11-25-27(13-18)19-2-3-19/h6-7,9-11,13,19H,2-5,12H2,1H3. The van der Waals surface area contributed by atoms with E-state index in [4.69, 9.17) is 10.2 Å². The number of anilines is 1. The van der Waals surface area contributed by atoms with Crippen LogP contribution in [-0.4, -0.2) is 26.3 Å². The number of pyridine rings is 2. The molecule has 0 amide bonds. The van der Waals surface area contributed by atoms with Gasteiger partial charge < -0.3 is 4.90 Å². The van der Waals surface area contributed by atoms with Crippen molar-refractivity contribution in [3.8, 4) is 17.2 Å². The quantitative estimate of drug-likeness (QED) is 0.719. The van der Waals surface area contributed by atoms with Crippen molar-refractivity contribution in [1.82, 2.24) is 19.7 Å². The van der Waals surface area contributed by atoms with E-state index in [0.717, 1.165) is 47.7 Å². The first-order valence-corrected chi connectivity index (χ1v) is 9.35. The van der Waals surface area contributed by atoms with E-state index >= 15 is 0 Å². The fourth-order valence-corrected chi connectivity index (χ4v) is 3.75. The van der Waals surface area contributed by atoms with Gasteiger partial charge in [-0.25, -0.2) is 4.98 Å². The number of rotatable bonds is 3. The molecule has 0 N–H and O–H groups in total. The largest absolute Gasteiger partial charge is 0.352 e. The molecule has 0 unspecified atom stereocenters. The third kappa shape index (κ3) is 2.95. The van der Waals surface area contributed by atoms with Gasteiger partial charge in [0.15, 0.2) is 0 Å². The van der Waals surface area contributed by atoms with E-state index in [1.54, 1.807) is 6.20 Å². The second kappa shape index (κ2) is 6.20. The van der Waals surface area contributed by atoms with Crippen LogP contribution in [0.3, 0.4) is 0 Å². The highest BCUT2D eigenvalue weighted by molar-refractivity contribution is 5.63. The van der Waals surface area contributed by atoms with E-state index in [9.17, 15) is 0 Å². The average molecular weight is 356 g/mol. The van der Waals surface area contributed by atoms with Crippen molar-refractivity contribution in [2.75, 3.05) is 11.4 Å². The molecule has 0 radical (unpaired) electrons. The van der Waals surface area contributed by atoms with Gasteiger partial charge in [0.25, 0.3) is 0 Å². The lowest BCUT2D eigenvalue weighted by atomic mass is 10.0. The SMILES string of the molecule is Cc1cc(C#N)cnc1N1CCc2ncc(-c3cnn(C4CC4)c3)cc2C1. The second-order valence-corrected chi connectivity index (χ2v) is 7.42. The normalized spacial score (nSPS) is 16.1. The minimum atomic E-state index is 0.588. The summed E-state index contributed by atoms with van der Waals surface area (Å²) in [6, 6.07) is 6.88. The summed E-state index contributed by atoms with van der Waals surface area (Å²) in [6.07, 6.45) is 11.1. The second-order valence-electron chi connectivity index (χ2n) is 7.42. The van der Waals surface area contributed by atoms with Gasteiger partial charge in [-0.05, 0) is 43.0 Å². The Labute approximate surface area is 158 Å². The number of fused-ring (bicyclic) bond motifs is 1. The minimum absolute atomic E-state index is 0.588. The molecule has 0 aromatic carbocycles. The summed E-state index contributed by atoms with van der Waals surface area (Å²) in [7, 11) is 0. The van der Waals surface area contributed by atoms with Crippen LogP contribution in [-0.2, 0) is 13.0 Å². The van der Waals surface area contributed by atoms with Crippen molar-refractivity contribution in [2.24, 2.45) is 0 Å². The van der Waals surface area contributed by atoms with Gasteiger partial charge in [-0.3, -0.25) is 9.67 Å². The van der Waals surface area contributed by atoms with Crippen LogP contribution in [0.4, 0.5) is 5.82 Å². The maximum atomic E-state index is 9.05. The number of nitrogens with zero attached hydrogens (tertiary/aromatic N) is 6. The first-order valence-electron chi connectivity index (χ1n) is 9.35. The van der Waals surface area contributed by atoms with Crippen LogP contribution in [0.15, 0.2) is 36.9 Å². The van der Waals surface area contributed by atoms with Gasteiger partial charge in [0.2, 0.25) is 0 Å². The molecular formula is C21H20N6. The van der Waals surface area contributed by atoms with E-state index in [1.165, 1.54) is 18.4 Å². The number of nitriles is 1. The lowest BCUT2D eigenvalue weighted by Crippen LogP contribution is -2.32. The molecule has 27 heavy (non-hydrogen) atoms. The van der Waals surface area contributed by atoms with Crippen LogP contribution in [0.5, 0.6) is 0 Å². The van der Waals surface area contributed by atoms with Crippen LogP contribution >= 0.6 is 0 Å². The Hall–Kier alpha value is -3.20. The first-order chi connectivity index (χ1) is 13.2. The van der Waals surface area contributed by atoms with E-state index in [2.05, 4.69) is 38.0 Å². The number of hydrogen-bond acceptors (Lipinski definition) is 5. The summed E-state index contributed by atoms with van der Waals surface area (Å²) in [5.41, 5.74) is 6.28.